The summed E-state index contributed by atoms with van der Waals surface area (Å²) in [6.45, 7) is 2.85. The number of benzene rings is 1. The monoisotopic (exact) mass is 207 g/mol. The van der Waals surface area contributed by atoms with Crippen molar-refractivity contribution in [1.29, 1.82) is 0 Å². The second-order valence-electron chi connectivity index (χ2n) is 4.20. The Hall–Kier alpha value is -1.22. The van der Waals surface area contributed by atoms with E-state index in [0.29, 0.717) is 0 Å². The van der Waals surface area contributed by atoms with E-state index < -0.39 is 0 Å². The Labute approximate surface area is 89.8 Å². The van der Waals surface area contributed by atoms with Gasteiger partial charge in [0, 0.05) is 17.7 Å². The van der Waals surface area contributed by atoms with Crippen LogP contribution in [0.1, 0.15) is 36.4 Å². The molecule has 0 radical (unpaired) electrons. The van der Waals surface area contributed by atoms with E-state index in [4.69, 9.17) is 0 Å². The van der Waals surface area contributed by atoms with Crippen LogP contribution in [0.3, 0.4) is 0 Å². The van der Waals surface area contributed by atoms with Crippen LogP contribution in [-0.2, 0) is 0 Å². The molecule has 0 spiro atoms. The molecule has 0 saturated carbocycles. The lowest BCUT2D eigenvalue weighted by Crippen LogP contribution is -2.26. The zero-order chi connectivity index (χ0) is 10.8. The molecule has 0 amide bonds. The fourth-order valence-electron chi connectivity index (χ4n) is 2.10. The van der Waals surface area contributed by atoms with Gasteiger partial charge in [-0.25, -0.2) is 0 Å². The highest BCUT2D eigenvalue weighted by molar-refractivity contribution is 5.46. The first-order valence-corrected chi connectivity index (χ1v) is 5.44. The molecule has 1 fully saturated rings. The van der Waals surface area contributed by atoms with E-state index in [-0.39, 0.29) is 17.5 Å². The fraction of sp³-hybridized carbons (Fsp3) is 0.500. The summed E-state index contributed by atoms with van der Waals surface area (Å²) in [6.07, 6.45) is 3.45. The first-order chi connectivity index (χ1) is 7.18. The average Bonchev–Trinajstić information content (AvgIpc) is 2.25. The summed E-state index contributed by atoms with van der Waals surface area (Å²) in [5.74, 6) is 0.351. The van der Waals surface area contributed by atoms with Crippen molar-refractivity contribution in [3.05, 3.63) is 23.3 Å². The standard InChI is InChI=1S/C12H17NO2/c1-8-6-9(12(15)7-11(8)14)10-4-2-3-5-13-10/h6-7,10,13-15H,2-5H2,1H3. The van der Waals surface area contributed by atoms with Gasteiger partial charge in [0.2, 0.25) is 0 Å². The summed E-state index contributed by atoms with van der Waals surface area (Å²) < 4.78 is 0. The van der Waals surface area contributed by atoms with Crippen LogP contribution in [0.15, 0.2) is 12.1 Å². The Morgan fingerprint density at radius 2 is 2.00 bits per heavy atom. The predicted octanol–water partition coefficient (Wildman–Crippen LogP) is 2.22. The predicted molar refractivity (Wildman–Crippen MR) is 59.1 cm³/mol. The van der Waals surface area contributed by atoms with E-state index in [2.05, 4.69) is 5.32 Å². The van der Waals surface area contributed by atoms with Crippen molar-refractivity contribution in [3.63, 3.8) is 0 Å². The molecule has 0 bridgehead atoms. The third kappa shape index (κ3) is 2.07. The van der Waals surface area contributed by atoms with Crippen LogP contribution in [0.5, 0.6) is 11.5 Å². The van der Waals surface area contributed by atoms with E-state index in [9.17, 15) is 10.2 Å². The van der Waals surface area contributed by atoms with Crippen molar-refractivity contribution in [2.45, 2.75) is 32.2 Å². The number of nitrogens with one attached hydrogen (secondary N) is 1. The fourth-order valence-corrected chi connectivity index (χ4v) is 2.10. The van der Waals surface area contributed by atoms with Gasteiger partial charge in [-0.15, -0.1) is 0 Å². The number of aryl methyl sites for hydroxylation is 1. The molecule has 1 aromatic rings. The average molecular weight is 207 g/mol. The molecule has 1 unspecified atom stereocenters. The van der Waals surface area contributed by atoms with Gasteiger partial charge in [0.15, 0.2) is 0 Å². The molecule has 0 aromatic heterocycles. The normalized spacial score (nSPS) is 21.5. The highest BCUT2D eigenvalue weighted by Gasteiger charge is 2.18. The van der Waals surface area contributed by atoms with Crippen LogP contribution in [0, 0.1) is 6.92 Å². The lowest BCUT2D eigenvalue weighted by molar-refractivity contribution is 0.387. The van der Waals surface area contributed by atoms with Crippen LogP contribution in [-0.4, -0.2) is 16.8 Å². The topological polar surface area (TPSA) is 52.5 Å². The Bertz CT molecular complexity index is 357. The van der Waals surface area contributed by atoms with Crippen molar-refractivity contribution in [2.75, 3.05) is 6.54 Å². The second-order valence-corrected chi connectivity index (χ2v) is 4.20. The lowest BCUT2D eigenvalue weighted by atomic mass is 9.95. The van der Waals surface area contributed by atoms with Gasteiger partial charge >= 0.3 is 0 Å². The smallest absolute Gasteiger partial charge is 0.124 e. The van der Waals surface area contributed by atoms with Crippen molar-refractivity contribution in [1.82, 2.24) is 5.32 Å². The Balaban J connectivity index is 2.30. The zero-order valence-corrected chi connectivity index (χ0v) is 8.95. The summed E-state index contributed by atoms with van der Waals surface area (Å²) in [5.41, 5.74) is 1.72. The largest absolute Gasteiger partial charge is 0.508 e. The molecule has 2 rings (SSSR count). The van der Waals surface area contributed by atoms with Crippen LogP contribution < -0.4 is 5.32 Å². The first-order valence-electron chi connectivity index (χ1n) is 5.44. The van der Waals surface area contributed by atoms with Gasteiger partial charge in [-0.2, -0.15) is 0 Å². The molecule has 3 heteroatoms. The van der Waals surface area contributed by atoms with Crippen LogP contribution in [0.4, 0.5) is 0 Å². The molecule has 3 nitrogen and oxygen atoms in total. The minimum atomic E-state index is 0.159. The Morgan fingerprint density at radius 1 is 1.20 bits per heavy atom. The minimum Gasteiger partial charge on any atom is -0.508 e. The number of piperidine rings is 1. The third-order valence-electron chi connectivity index (χ3n) is 3.03. The van der Waals surface area contributed by atoms with Crippen molar-refractivity contribution in [2.24, 2.45) is 0 Å². The molecule has 82 valence electrons. The third-order valence-corrected chi connectivity index (χ3v) is 3.03. The number of hydrogen-bond donors (Lipinski definition) is 3. The van der Waals surface area contributed by atoms with Crippen molar-refractivity contribution < 1.29 is 10.2 Å². The number of rotatable bonds is 1. The van der Waals surface area contributed by atoms with E-state index >= 15 is 0 Å². The van der Waals surface area contributed by atoms with E-state index in [0.717, 1.165) is 24.1 Å². The maximum Gasteiger partial charge on any atom is 0.124 e. The molecule has 0 aliphatic carbocycles. The molecule has 1 atom stereocenters. The summed E-state index contributed by atoms with van der Waals surface area (Å²) >= 11 is 0. The highest BCUT2D eigenvalue weighted by Crippen LogP contribution is 2.34. The van der Waals surface area contributed by atoms with E-state index in [1.807, 2.05) is 13.0 Å². The quantitative estimate of drug-likeness (QED) is 0.662. The Kier molecular flexibility index (Phi) is 2.82. The van der Waals surface area contributed by atoms with Crippen LogP contribution in [0.2, 0.25) is 0 Å². The van der Waals surface area contributed by atoms with Crippen LogP contribution in [0.25, 0.3) is 0 Å². The maximum atomic E-state index is 9.77. The van der Waals surface area contributed by atoms with Gasteiger partial charge in [0.25, 0.3) is 0 Å². The minimum absolute atomic E-state index is 0.159. The van der Waals surface area contributed by atoms with Crippen molar-refractivity contribution >= 4 is 0 Å². The Morgan fingerprint density at radius 3 is 2.67 bits per heavy atom. The maximum absolute atomic E-state index is 9.77. The van der Waals surface area contributed by atoms with E-state index in [1.165, 1.54) is 18.9 Å². The molecular weight excluding hydrogens is 190 g/mol. The SMILES string of the molecule is Cc1cc(C2CCCCN2)c(O)cc1O. The molecule has 1 saturated heterocycles. The summed E-state index contributed by atoms with van der Waals surface area (Å²) in [5, 5.41) is 22.6. The summed E-state index contributed by atoms with van der Waals surface area (Å²) in [4.78, 5) is 0. The van der Waals surface area contributed by atoms with Gasteiger partial charge in [0.05, 0.1) is 0 Å². The molecule has 1 heterocycles. The van der Waals surface area contributed by atoms with E-state index in [1.54, 1.807) is 0 Å². The second kappa shape index (κ2) is 4.11. The molecular formula is C12H17NO2. The summed E-state index contributed by atoms with van der Waals surface area (Å²) in [7, 11) is 0. The molecule has 1 aromatic carbocycles. The molecule has 1 aliphatic heterocycles. The van der Waals surface area contributed by atoms with Gasteiger partial charge < -0.3 is 15.5 Å². The highest BCUT2D eigenvalue weighted by atomic mass is 16.3. The first kappa shape index (κ1) is 10.3. The van der Waals surface area contributed by atoms with Crippen molar-refractivity contribution in [3.8, 4) is 11.5 Å². The summed E-state index contributed by atoms with van der Waals surface area (Å²) in [6, 6.07) is 3.53. The molecule has 15 heavy (non-hydrogen) atoms. The number of phenols is 2. The number of aromatic hydroxyl groups is 2. The van der Waals surface area contributed by atoms with Gasteiger partial charge in [0.1, 0.15) is 11.5 Å². The van der Waals surface area contributed by atoms with Crippen LogP contribution >= 0.6 is 0 Å². The number of phenolic OH excluding ortho intramolecular Hbond substituents is 2. The molecule has 1 aliphatic rings. The van der Waals surface area contributed by atoms with Gasteiger partial charge in [-0.3, -0.25) is 0 Å². The zero-order valence-electron chi connectivity index (χ0n) is 8.95. The number of hydrogen-bond acceptors (Lipinski definition) is 3. The van der Waals surface area contributed by atoms with Gasteiger partial charge in [-0.1, -0.05) is 6.42 Å². The lowest BCUT2D eigenvalue weighted by Gasteiger charge is -2.25. The molecule has 3 N–H and O–H groups in total. The van der Waals surface area contributed by atoms with Gasteiger partial charge in [-0.05, 0) is 37.9 Å².